The average molecular weight is 572 g/mol. The summed E-state index contributed by atoms with van der Waals surface area (Å²) in [7, 11) is 0. The van der Waals surface area contributed by atoms with Crippen LogP contribution in [0.5, 0.6) is 17.4 Å². The van der Waals surface area contributed by atoms with Gasteiger partial charge in [-0.1, -0.05) is 37.0 Å². The number of fused-ring (bicyclic) bond motifs is 2. The number of carbonyl (C=O) groups excluding carboxylic acids is 1. The number of nitrogens with zero attached hydrogens (tertiary/aromatic N) is 3. The Bertz CT molecular complexity index is 1310. The predicted molar refractivity (Wildman–Crippen MR) is 155 cm³/mol. The minimum absolute atomic E-state index is 0.133. The topological polar surface area (TPSA) is 68.6 Å². The predicted octanol–water partition coefficient (Wildman–Crippen LogP) is 7.27. The van der Waals surface area contributed by atoms with Crippen molar-refractivity contribution < 1.29 is 14.3 Å². The molecule has 2 bridgehead atoms. The number of ether oxygens (including phenoxy) is 2. The molecule has 9 heteroatoms. The monoisotopic (exact) mass is 570 g/mol. The number of amides is 1. The molecule has 0 spiro atoms. The molecule has 0 radical (unpaired) electrons. The van der Waals surface area contributed by atoms with Crippen LogP contribution < -0.4 is 14.8 Å². The first-order valence-electron chi connectivity index (χ1n) is 13.9. The lowest BCUT2D eigenvalue weighted by Gasteiger charge is -2.28. The molecule has 1 heterocycles. The van der Waals surface area contributed by atoms with Crippen LogP contribution in [0.1, 0.15) is 68.9 Å². The van der Waals surface area contributed by atoms with Crippen molar-refractivity contribution in [2.45, 2.75) is 65.0 Å². The SMILES string of the molecule is CCOc1ccc(Oc2c(CN(CC)CC)c(C(=O)NC34CCC(CC3)C4)nn2-c2ccc(Cl)cc2Cl)cc1. The van der Waals surface area contributed by atoms with Gasteiger partial charge in [0.25, 0.3) is 5.91 Å². The van der Waals surface area contributed by atoms with E-state index in [1.54, 1.807) is 22.9 Å². The molecule has 3 aromatic rings. The fraction of sp³-hybridized carbons (Fsp3) is 0.467. The van der Waals surface area contributed by atoms with Crippen molar-refractivity contribution in [1.29, 1.82) is 0 Å². The van der Waals surface area contributed by atoms with E-state index in [9.17, 15) is 4.79 Å². The van der Waals surface area contributed by atoms with Crippen LogP contribution in [-0.4, -0.2) is 45.8 Å². The van der Waals surface area contributed by atoms with E-state index in [0.717, 1.165) is 43.7 Å². The number of halogens is 2. The molecule has 0 atom stereocenters. The number of rotatable bonds is 11. The highest BCUT2D eigenvalue weighted by atomic mass is 35.5. The van der Waals surface area contributed by atoms with Crippen LogP contribution in [0.3, 0.4) is 0 Å². The van der Waals surface area contributed by atoms with Gasteiger partial charge in [0.2, 0.25) is 5.88 Å². The van der Waals surface area contributed by atoms with Crippen molar-refractivity contribution in [2.75, 3.05) is 19.7 Å². The third kappa shape index (κ3) is 5.91. The van der Waals surface area contributed by atoms with E-state index < -0.39 is 0 Å². The highest BCUT2D eigenvalue weighted by Crippen LogP contribution is 2.48. The number of hydrogen-bond acceptors (Lipinski definition) is 5. The zero-order valence-corrected chi connectivity index (χ0v) is 24.3. The van der Waals surface area contributed by atoms with Crippen molar-refractivity contribution in [3.63, 3.8) is 0 Å². The van der Waals surface area contributed by atoms with Crippen LogP contribution >= 0.6 is 23.2 Å². The zero-order valence-electron chi connectivity index (χ0n) is 22.8. The van der Waals surface area contributed by atoms with E-state index in [1.165, 1.54) is 12.8 Å². The van der Waals surface area contributed by atoms with E-state index in [2.05, 4.69) is 24.1 Å². The smallest absolute Gasteiger partial charge is 0.272 e. The summed E-state index contributed by atoms with van der Waals surface area (Å²) in [6.45, 7) is 8.87. The Morgan fingerprint density at radius 2 is 1.77 bits per heavy atom. The van der Waals surface area contributed by atoms with E-state index in [4.69, 9.17) is 37.8 Å². The molecule has 2 aliphatic carbocycles. The van der Waals surface area contributed by atoms with Gasteiger partial charge in [0.15, 0.2) is 5.69 Å². The molecule has 0 saturated heterocycles. The average Bonchev–Trinajstić information content (AvgIpc) is 3.62. The van der Waals surface area contributed by atoms with E-state index in [1.807, 2.05) is 31.2 Å². The maximum absolute atomic E-state index is 13.9. The molecule has 7 nitrogen and oxygen atoms in total. The molecule has 2 saturated carbocycles. The Labute approximate surface area is 240 Å². The molecular weight excluding hydrogens is 535 g/mol. The van der Waals surface area contributed by atoms with Crippen molar-refractivity contribution in [3.8, 4) is 23.1 Å². The minimum Gasteiger partial charge on any atom is -0.494 e. The highest BCUT2D eigenvalue weighted by molar-refractivity contribution is 6.35. The van der Waals surface area contributed by atoms with Crippen molar-refractivity contribution in [1.82, 2.24) is 20.0 Å². The number of carbonyl (C=O) groups is 1. The first-order valence-corrected chi connectivity index (χ1v) is 14.6. The summed E-state index contributed by atoms with van der Waals surface area (Å²) in [4.78, 5) is 16.2. The fourth-order valence-electron chi connectivity index (χ4n) is 5.90. The zero-order chi connectivity index (χ0) is 27.6. The van der Waals surface area contributed by atoms with Crippen LogP contribution in [0.15, 0.2) is 42.5 Å². The Kier molecular flexibility index (Phi) is 8.40. The largest absolute Gasteiger partial charge is 0.494 e. The molecule has 2 aromatic carbocycles. The second-order valence-corrected chi connectivity index (χ2v) is 11.3. The quantitative estimate of drug-likeness (QED) is 0.262. The Balaban J connectivity index is 1.61. The van der Waals surface area contributed by atoms with Crippen LogP contribution in [0.2, 0.25) is 10.0 Å². The first-order chi connectivity index (χ1) is 18.8. The Hall–Kier alpha value is -2.74. The van der Waals surface area contributed by atoms with Gasteiger partial charge in [-0.05, 0) is 100 Å². The highest BCUT2D eigenvalue weighted by Gasteiger charge is 2.46. The van der Waals surface area contributed by atoms with Crippen LogP contribution in [-0.2, 0) is 6.54 Å². The second kappa shape index (κ2) is 11.8. The summed E-state index contributed by atoms with van der Waals surface area (Å²) in [5, 5.41) is 9.18. The van der Waals surface area contributed by atoms with E-state index in [-0.39, 0.29) is 11.4 Å². The molecule has 1 aromatic heterocycles. The van der Waals surface area contributed by atoms with Gasteiger partial charge < -0.3 is 14.8 Å². The first kappa shape index (κ1) is 27.8. The summed E-state index contributed by atoms with van der Waals surface area (Å²) in [5.41, 5.74) is 1.53. The van der Waals surface area contributed by atoms with Crippen molar-refractivity contribution >= 4 is 29.1 Å². The van der Waals surface area contributed by atoms with Gasteiger partial charge in [-0.15, -0.1) is 0 Å². The molecule has 5 rings (SSSR count). The number of nitrogens with one attached hydrogen (secondary N) is 1. The van der Waals surface area contributed by atoms with Crippen molar-refractivity contribution in [2.24, 2.45) is 5.92 Å². The van der Waals surface area contributed by atoms with Gasteiger partial charge in [0.05, 0.1) is 22.9 Å². The normalized spacial score (nSPS) is 20.0. The molecule has 39 heavy (non-hydrogen) atoms. The number of benzene rings is 2. The molecule has 1 N–H and O–H groups in total. The lowest BCUT2D eigenvalue weighted by Crippen LogP contribution is -2.45. The summed E-state index contributed by atoms with van der Waals surface area (Å²) >= 11 is 12.9. The second-order valence-electron chi connectivity index (χ2n) is 10.5. The third-order valence-electron chi connectivity index (χ3n) is 8.04. The molecular formula is C30H36Cl2N4O3. The standard InChI is InChI=1S/C30H36Cl2N4O3/c1-4-35(5-2)19-24-27(28(37)33-30-15-13-20(18-30)14-16-30)34-36(26-12-7-21(31)17-25(26)32)29(24)39-23-10-8-22(9-11-23)38-6-3/h7-12,17,20H,4-6,13-16,18-19H2,1-3H3,(H,33,37). The Morgan fingerprint density at radius 3 is 2.36 bits per heavy atom. The van der Waals surface area contributed by atoms with Gasteiger partial charge in [-0.3, -0.25) is 9.69 Å². The summed E-state index contributed by atoms with van der Waals surface area (Å²) in [6, 6.07) is 12.6. The van der Waals surface area contributed by atoms with Gasteiger partial charge in [0, 0.05) is 17.1 Å². The number of hydrogen-bond donors (Lipinski definition) is 1. The van der Waals surface area contributed by atoms with E-state index >= 15 is 0 Å². The van der Waals surface area contributed by atoms with Gasteiger partial charge in [-0.2, -0.15) is 9.78 Å². The minimum atomic E-state index is -0.167. The summed E-state index contributed by atoms with van der Waals surface area (Å²) in [5.74, 6) is 2.36. The van der Waals surface area contributed by atoms with Crippen molar-refractivity contribution in [3.05, 3.63) is 63.8 Å². The molecule has 2 aliphatic rings. The molecule has 1 amide bonds. The summed E-state index contributed by atoms with van der Waals surface area (Å²) < 4.78 is 13.7. The maximum atomic E-state index is 13.9. The molecule has 0 unspecified atom stereocenters. The lowest BCUT2D eigenvalue weighted by molar-refractivity contribution is 0.0893. The lowest BCUT2D eigenvalue weighted by atomic mass is 9.93. The Morgan fingerprint density at radius 1 is 1.08 bits per heavy atom. The van der Waals surface area contributed by atoms with Crippen LogP contribution in [0.25, 0.3) is 5.69 Å². The fourth-order valence-corrected chi connectivity index (χ4v) is 6.39. The van der Waals surface area contributed by atoms with Crippen LogP contribution in [0, 0.1) is 5.92 Å². The molecule has 0 aliphatic heterocycles. The number of aromatic nitrogens is 2. The summed E-state index contributed by atoms with van der Waals surface area (Å²) in [6.07, 6.45) is 5.44. The molecule has 208 valence electrons. The van der Waals surface area contributed by atoms with Gasteiger partial charge in [0.1, 0.15) is 11.5 Å². The van der Waals surface area contributed by atoms with Gasteiger partial charge >= 0.3 is 0 Å². The molecule has 2 fully saturated rings. The van der Waals surface area contributed by atoms with E-state index in [0.29, 0.717) is 52.1 Å². The maximum Gasteiger partial charge on any atom is 0.272 e. The van der Waals surface area contributed by atoms with Gasteiger partial charge in [-0.25, -0.2) is 0 Å². The third-order valence-corrected chi connectivity index (χ3v) is 8.57. The van der Waals surface area contributed by atoms with Crippen LogP contribution in [0.4, 0.5) is 0 Å².